The Hall–Kier alpha value is -4.75. The Balaban J connectivity index is 1.11. The van der Waals surface area contributed by atoms with E-state index in [-0.39, 0.29) is 35.4 Å². The van der Waals surface area contributed by atoms with Gasteiger partial charge in [0.05, 0.1) is 34.1 Å². The summed E-state index contributed by atoms with van der Waals surface area (Å²) in [6.45, 7) is 2.09. The predicted molar refractivity (Wildman–Crippen MR) is 192 cm³/mol. The van der Waals surface area contributed by atoms with Gasteiger partial charge in [0, 0.05) is 68.2 Å². The Bertz CT molecular complexity index is 2340. The molecule has 5 heterocycles. The fourth-order valence-electron chi connectivity index (χ4n) is 7.46. The highest BCUT2D eigenvalue weighted by Gasteiger charge is 2.50. The van der Waals surface area contributed by atoms with E-state index in [9.17, 15) is 14.4 Å². The zero-order valence-corrected chi connectivity index (χ0v) is 29.1. The van der Waals surface area contributed by atoms with Gasteiger partial charge in [-0.15, -0.1) is 0 Å². The number of halogens is 2. The monoisotopic (exact) mass is 713 g/mol. The van der Waals surface area contributed by atoms with Crippen molar-refractivity contribution in [1.29, 1.82) is 0 Å². The van der Waals surface area contributed by atoms with Gasteiger partial charge in [-0.3, -0.25) is 23.6 Å². The first-order valence-corrected chi connectivity index (χ1v) is 17.0. The lowest BCUT2D eigenvalue weighted by Crippen LogP contribution is -2.70. The number of rotatable bonds is 6. The van der Waals surface area contributed by atoms with Gasteiger partial charge in [0.1, 0.15) is 23.4 Å². The molecule has 3 aromatic heterocycles. The number of amides is 1. The van der Waals surface area contributed by atoms with E-state index in [1.807, 2.05) is 30.3 Å². The molecule has 50 heavy (non-hydrogen) atoms. The van der Waals surface area contributed by atoms with Crippen molar-refractivity contribution in [2.45, 2.75) is 24.5 Å². The number of ether oxygens (including phenoxy) is 2. The number of likely N-dealkylation sites (tertiary alicyclic amines) is 1. The van der Waals surface area contributed by atoms with Crippen LogP contribution in [0.3, 0.4) is 0 Å². The number of carbonyl (C=O) groups is 1. The van der Waals surface area contributed by atoms with Crippen molar-refractivity contribution in [3.05, 3.63) is 96.7 Å². The fourth-order valence-corrected chi connectivity index (χ4v) is 8.06. The number of aryl methyl sites for hydroxylation is 2. The Kier molecular flexibility index (Phi) is 7.94. The first kappa shape index (κ1) is 32.5. The van der Waals surface area contributed by atoms with Crippen LogP contribution in [0.4, 0.5) is 11.5 Å². The third kappa shape index (κ3) is 5.17. The van der Waals surface area contributed by atoms with Gasteiger partial charge in [0.15, 0.2) is 0 Å². The normalized spacial score (nSPS) is 18.2. The number of nitrogens with zero attached hydrogens (tertiary/aromatic N) is 5. The van der Waals surface area contributed by atoms with E-state index in [4.69, 9.17) is 37.7 Å². The van der Waals surface area contributed by atoms with E-state index in [0.717, 1.165) is 47.2 Å². The maximum absolute atomic E-state index is 13.1. The molecule has 0 saturated carbocycles. The molecule has 1 spiro atoms. The van der Waals surface area contributed by atoms with Crippen LogP contribution in [-0.2, 0) is 30.0 Å². The van der Waals surface area contributed by atoms with Gasteiger partial charge in [-0.1, -0.05) is 53.5 Å². The Labute approximate surface area is 296 Å². The van der Waals surface area contributed by atoms with Crippen LogP contribution in [0, 0.1) is 0 Å². The van der Waals surface area contributed by atoms with Crippen LogP contribution in [0.25, 0.3) is 33.3 Å². The topological polar surface area (TPSA) is 133 Å². The summed E-state index contributed by atoms with van der Waals surface area (Å²) >= 11 is 14.2. The Morgan fingerprint density at radius 3 is 2.48 bits per heavy atom. The maximum atomic E-state index is 13.1. The third-order valence-electron chi connectivity index (χ3n) is 10.1. The van der Waals surface area contributed by atoms with Crippen molar-refractivity contribution in [3.8, 4) is 28.3 Å². The molecule has 0 unspecified atom stereocenters. The lowest BCUT2D eigenvalue weighted by Gasteiger charge is -2.53. The van der Waals surface area contributed by atoms with Crippen LogP contribution in [-0.4, -0.2) is 68.9 Å². The molecule has 2 aliphatic heterocycles. The number of hydrogen-bond donors (Lipinski definition) is 2. The summed E-state index contributed by atoms with van der Waals surface area (Å²) < 4.78 is 14.2. The zero-order chi connectivity index (χ0) is 34.9. The molecule has 2 saturated heterocycles. The molecule has 2 aromatic carbocycles. The molecule has 256 valence electrons. The number of benzene rings is 2. The molecule has 0 radical (unpaired) electrons. The zero-order valence-electron chi connectivity index (χ0n) is 27.5. The van der Waals surface area contributed by atoms with Crippen LogP contribution in [0.5, 0.6) is 5.88 Å². The third-order valence-corrected chi connectivity index (χ3v) is 10.9. The minimum Gasteiger partial charge on any atom is -0.481 e. The highest BCUT2D eigenvalue weighted by atomic mass is 35.5. The molecule has 1 aliphatic carbocycles. The van der Waals surface area contributed by atoms with E-state index in [2.05, 4.69) is 26.6 Å². The summed E-state index contributed by atoms with van der Waals surface area (Å²) in [5, 5.41) is 7.27. The van der Waals surface area contributed by atoms with Gasteiger partial charge in [0.25, 0.3) is 5.56 Å². The van der Waals surface area contributed by atoms with Crippen LogP contribution < -0.4 is 26.6 Å². The number of anilines is 2. The van der Waals surface area contributed by atoms with E-state index in [1.165, 1.54) is 17.8 Å². The Morgan fingerprint density at radius 2 is 1.74 bits per heavy atom. The average Bonchev–Trinajstić information content (AvgIpc) is 3.54. The van der Waals surface area contributed by atoms with Crippen molar-refractivity contribution < 1.29 is 14.3 Å². The largest absolute Gasteiger partial charge is 0.481 e. The summed E-state index contributed by atoms with van der Waals surface area (Å²) in [6.07, 6.45) is 3.33. The summed E-state index contributed by atoms with van der Waals surface area (Å²) in [5.41, 5.74) is 4.77. The second-order valence-electron chi connectivity index (χ2n) is 13.0. The standard InChI is InChI=1S/C36H33Cl2N7O5/c1-43-25-12-13-39-32(29(25)34(47)44(2)35(43)48)41-23-9-5-7-21(31(23)38)20-6-4-8-22(30(20)37)24-14-19-10-11-26(28(19)33(42-24)49-3)45-17-36(18-45)16-40-27(46)15-50-36/h4-9,12-14,26H,10-11,15-18H2,1-3H3,(H,39,41)(H,40,46)/t26-/m0/s1. The quantitative estimate of drug-likeness (QED) is 0.259. The van der Waals surface area contributed by atoms with Crippen molar-refractivity contribution in [1.82, 2.24) is 29.3 Å². The first-order chi connectivity index (χ1) is 24.1. The lowest BCUT2D eigenvalue weighted by molar-refractivity contribution is -0.179. The van der Waals surface area contributed by atoms with Crippen molar-refractivity contribution >= 4 is 51.5 Å². The van der Waals surface area contributed by atoms with Crippen LogP contribution in [0.2, 0.25) is 10.0 Å². The van der Waals surface area contributed by atoms with Crippen molar-refractivity contribution in [2.75, 3.05) is 38.7 Å². The number of hydrogen-bond acceptors (Lipinski definition) is 9. The molecule has 3 aliphatic rings. The molecule has 2 N–H and O–H groups in total. The minimum absolute atomic E-state index is 0.0745. The Morgan fingerprint density at radius 1 is 1.00 bits per heavy atom. The minimum atomic E-state index is -0.465. The number of aromatic nitrogens is 4. The number of morpholine rings is 1. The molecule has 1 atom stereocenters. The van der Waals surface area contributed by atoms with E-state index < -0.39 is 11.2 Å². The van der Waals surface area contributed by atoms with Gasteiger partial charge in [-0.2, -0.15) is 0 Å². The van der Waals surface area contributed by atoms with Gasteiger partial charge in [-0.05, 0) is 36.6 Å². The molecule has 8 rings (SSSR count). The summed E-state index contributed by atoms with van der Waals surface area (Å²) in [4.78, 5) is 49.0. The number of carbonyl (C=O) groups excluding carboxylic acids is 1. The highest BCUT2D eigenvalue weighted by Crippen LogP contribution is 2.47. The van der Waals surface area contributed by atoms with Crippen molar-refractivity contribution in [2.24, 2.45) is 14.1 Å². The second-order valence-corrected chi connectivity index (χ2v) is 13.8. The maximum Gasteiger partial charge on any atom is 0.330 e. The number of fused-ring (bicyclic) bond motifs is 2. The lowest BCUT2D eigenvalue weighted by atomic mass is 9.89. The van der Waals surface area contributed by atoms with Gasteiger partial charge in [0.2, 0.25) is 11.8 Å². The summed E-state index contributed by atoms with van der Waals surface area (Å²) in [7, 11) is 4.68. The molecular weight excluding hydrogens is 681 g/mol. The van der Waals surface area contributed by atoms with Gasteiger partial charge >= 0.3 is 5.69 Å². The van der Waals surface area contributed by atoms with Gasteiger partial charge in [-0.25, -0.2) is 14.8 Å². The summed E-state index contributed by atoms with van der Waals surface area (Å²) in [6, 6.07) is 15.1. The van der Waals surface area contributed by atoms with E-state index in [1.54, 1.807) is 26.3 Å². The summed E-state index contributed by atoms with van der Waals surface area (Å²) in [5.74, 6) is 0.766. The number of methoxy groups -OCH3 is 1. The number of pyridine rings is 2. The molecule has 2 fully saturated rings. The predicted octanol–water partition coefficient (Wildman–Crippen LogP) is 4.61. The average molecular weight is 715 g/mol. The van der Waals surface area contributed by atoms with Crippen LogP contribution in [0.15, 0.2) is 64.3 Å². The molecular formula is C36H33Cl2N7O5. The second kappa shape index (κ2) is 12.2. The number of nitrogens with one attached hydrogen (secondary N) is 2. The first-order valence-electron chi connectivity index (χ1n) is 16.2. The van der Waals surface area contributed by atoms with Crippen LogP contribution >= 0.6 is 23.2 Å². The molecule has 14 heteroatoms. The molecule has 0 bridgehead atoms. The van der Waals surface area contributed by atoms with Crippen molar-refractivity contribution in [3.63, 3.8) is 0 Å². The van der Waals surface area contributed by atoms with Gasteiger partial charge < -0.3 is 20.1 Å². The van der Waals surface area contributed by atoms with E-state index >= 15 is 0 Å². The van der Waals surface area contributed by atoms with E-state index in [0.29, 0.717) is 50.5 Å². The molecule has 5 aromatic rings. The fraction of sp³-hybridized carbons (Fsp3) is 0.306. The van der Waals surface area contributed by atoms with Crippen LogP contribution in [0.1, 0.15) is 23.6 Å². The highest BCUT2D eigenvalue weighted by molar-refractivity contribution is 6.39. The molecule has 1 amide bonds. The SMILES string of the molecule is COc1nc(-c2cccc(-c3cccc(Nc4nccc5c4c(=O)n(C)c(=O)n5C)c3Cl)c2Cl)cc2c1[C@@H](N1CC3(CNC(=O)CO3)C1)CC2. The molecule has 12 nitrogen and oxygen atoms in total. The smallest absolute Gasteiger partial charge is 0.330 e.